The van der Waals surface area contributed by atoms with Crippen molar-refractivity contribution in [2.24, 2.45) is 5.73 Å². The summed E-state index contributed by atoms with van der Waals surface area (Å²) >= 11 is 5.58. The normalized spacial score (nSPS) is 10.2. The maximum Gasteiger partial charge on any atom is 0.269 e. The highest BCUT2D eigenvalue weighted by atomic mass is 35.5. The number of carbonyl (C=O) groups is 1. The van der Waals surface area contributed by atoms with Crippen LogP contribution in [-0.4, -0.2) is 25.9 Å². The van der Waals surface area contributed by atoms with E-state index < -0.39 is 5.91 Å². The van der Waals surface area contributed by atoms with Crippen LogP contribution in [0.3, 0.4) is 0 Å². The van der Waals surface area contributed by atoms with Crippen molar-refractivity contribution in [1.29, 1.82) is 0 Å². The number of carbonyl (C=O) groups excluding carboxylic acids is 1. The van der Waals surface area contributed by atoms with E-state index in [9.17, 15) is 4.79 Å². The lowest BCUT2D eigenvalue weighted by atomic mass is 10.4. The fourth-order valence-corrected chi connectivity index (χ4v) is 1.11. The summed E-state index contributed by atoms with van der Waals surface area (Å²) in [5.41, 5.74) is 5.23. The van der Waals surface area contributed by atoms with Gasteiger partial charge in [-0.2, -0.15) is 5.10 Å². The van der Waals surface area contributed by atoms with Crippen molar-refractivity contribution in [3.05, 3.63) is 35.2 Å². The number of amides is 1. The molecule has 0 spiro atoms. The van der Waals surface area contributed by atoms with E-state index in [-0.39, 0.29) is 5.69 Å². The summed E-state index contributed by atoms with van der Waals surface area (Å²) in [7, 11) is 0. The molecule has 2 N–H and O–H groups in total. The molecule has 7 heteroatoms. The van der Waals surface area contributed by atoms with Gasteiger partial charge < -0.3 is 5.73 Å². The van der Waals surface area contributed by atoms with Gasteiger partial charge in [0.1, 0.15) is 5.69 Å². The lowest BCUT2D eigenvalue weighted by molar-refractivity contribution is 0.0995. The van der Waals surface area contributed by atoms with Crippen LogP contribution in [0.15, 0.2) is 24.4 Å². The molecule has 76 valence electrons. The van der Waals surface area contributed by atoms with Crippen molar-refractivity contribution < 1.29 is 4.79 Å². The van der Waals surface area contributed by atoms with Gasteiger partial charge in [0.05, 0.1) is 0 Å². The minimum Gasteiger partial charge on any atom is -0.364 e. The van der Waals surface area contributed by atoms with Gasteiger partial charge in [-0.3, -0.25) is 4.79 Å². The molecule has 0 aliphatic heterocycles. The van der Waals surface area contributed by atoms with Crippen LogP contribution in [0.5, 0.6) is 0 Å². The van der Waals surface area contributed by atoms with E-state index in [1.165, 1.54) is 10.7 Å². The minimum atomic E-state index is -0.587. The molecule has 0 saturated carbocycles. The van der Waals surface area contributed by atoms with E-state index in [4.69, 9.17) is 17.3 Å². The Bertz CT molecular complexity index is 492. The Labute approximate surface area is 89.7 Å². The van der Waals surface area contributed by atoms with Crippen molar-refractivity contribution in [3.63, 3.8) is 0 Å². The molecule has 0 atom stereocenters. The number of nitrogens with two attached hydrogens (primary N) is 1. The van der Waals surface area contributed by atoms with Crippen molar-refractivity contribution in [3.8, 4) is 5.82 Å². The standard InChI is InChI=1S/C8H6ClN5O/c9-6-1-2-7(12-11-6)14-4-3-5(13-14)8(10)15/h1-4H,(H2,10,15). The van der Waals surface area contributed by atoms with Gasteiger partial charge in [0, 0.05) is 6.20 Å². The summed E-state index contributed by atoms with van der Waals surface area (Å²) < 4.78 is 1.39. The molecule has 15 heavy (non-hydrogen) atoms. The molecule has 0 saturated heterocycles. The van der Waals surface area contributed by atoms with Crippen LogP contribution in [0.2, 0.25) is 5.15 Å². The molecule has 2 aromatic rings. The molecule has 0 unspecified atom stereocenters. The Morgan fingerprint density at radius 1 is 1.33 bits per heavy atom. The summed E-state index contributed by atoms with van der Waals surface area (Å²) in [6.45, 7) is 0. The van der Waals surface area contributed by atoms with Gasteiger partial charge in [-0.1, -0.05) is 11.6 Å². The van der Waals surface area contributed by atoms with Crippen LogP contribution in [0.4, 0.5) is 0 Å². The molecular formula is C8H6ClN5O. The third kappa shape index (κ3) is 1.94. The minimum absolute atomic E-state index is 0.173. The zero-order valence-corrected chi connectivity index (χ0v) is 8.22. The van der Waals surface area contributed by atoms with Gasteiger partial charge in [-0.05, 0) is 18.2 Å². The highest BCUT2D eigenvalue weighted by molar-refractivity contribution is 6.29. The molecule has 0 fully saturated rings. The van der Waals surface area contributed by atoms with Crippen molar-refractivity contribution in [2.75, 3.05) is 0 Å². The lowest BCUT2D eigenvalue weighted by Gasteiger charge is -1.97. The quantitative estimate of drug-likeness (QED) is 0.799. The average molecular weight is 224 g/mol. The van der Waals surface area contributed by atoms with Crippen LogP contribution in [0.1, 0.15) is 10.5 Å². The fourth-order valence-electron chi connectivity index (χ4n) is 1.01. The zero-order chi connectivity index (χ0) is 10.8. The molecule has 1 amide bonds. The number of hydrogen-bond acceptors (Lipinski definition) is 4. The number of nitrogens with zero attached hydrogens (tertiary/aromatic N) is 4. The Morgan fingerprint density at radius 2 is 2.13 bits per heavy atom. The van der Waals surface area contributed by atoms with E-state index in [1.807, 2.05) is 0 Å². The van der Waals surface area contributed by atoms with Crippen molar-refractivity contribution >= 4 is 17.5 Å². The van der Waals surface area contributed by atoms with Crippen LogP contribution >= 0.6 is 11.6 Å². The first-order chi connectivity index (χ1) is 7.16. The highest BCUT2D eigenvalue weighted by Crippen LogP contribution is 2.06. The maximum absolute atomic E-state index is 10.8. The van der Waals surface area contributed by atoms with Crippen LogP contribution < -0.4 is 5.73 Å². The van der Waals surface area contributed by atoms with Crippen molar-refractivity contribution in [1.82, 2.24) is 20.0 Å². The first-order valence-electron chi connectivity index (χ1n) is 4.02. The number of rotatable bonds is 2. The molecule has 0 bridgehead atoms. The van der Waals surface area contributed by atoms with Crippen LogP contribution in [0.25, 0.3) is 5.82 Å². The molecule has 0 aliphatic rings. The summed E-state index contributed by atoms with van der Waals surface area (Å²) in [6, 6.07) is 4.71. The smallest absolute Gasteiger partial charge is 0.269 e. The molecule has 2 heterocycles. The second-order valence-corrected chi connectivity index (χ2v) is 3.11. The summed E-state index contributed by atoms with van der Waals surface area (Å²) in [6.07, 6.45) is 1.57. The molecule has 2 rings (SSSR count). The highest BCUT2D eigenvalue weighted by Gasteiger charge is 2.06. The first-order valence-corrected chi connectivity index (χ1v) is 4.40. The Kier molecular flexibility index (Phi) is 2.34. The largest absolute Gasteiger partial charge is 0.364 e. The van der Waals surface area contributed by atoms with Gasteiger partial charge in [0.25, 0.3) is 5.91 Å². The number of hydrogen-bond donors (Lipinski definition) is 1. The van der Waals surface area contributed by atoms with E-state index in [0.29, 0.717) is 11.0 Å². The first kappa shape index (κ1) is 9.60. The Hall–Kier alpha value is -1.95. The number of aromatic nitrogens is 4. The summed E-state index contributed by atoms with van der Waals surface area (Å²) in [5.74, 6) is -0.123. The predicted molar refractivity (Wildman–Crippen MR) is 52.7 cm³/mol. The molecular weight excluding hydrogens is 218 g/mol. The second kappa shape index (κ2) is 3.66. The average Bonchev–Trinajstić information content (AvgIpc) is 2.68. The molecule has 0 aliphatic carbocycles. The third-order valence-electron chi connectivity index (χ3n) is 1.69. The van der Waals surface area contributed by atoms with E-state index in [0.717, 1.165) is 0 Å². The van der Waals surface area contributed by atoms with Crippen LogP contribution in [-0.2, 0) is 0 Å². The molecule has 2 aromatic heterocycles. The van der Waals surface area contributed by atoms with Crippen molar-refractivity contribution in [2.45, 2.75) is 0 Å². The van der Waals surface area contributed by atoms with Gasteiger partial charge in [-0.25, -0.2) is 4.68 Å². The molecule has 0 radical (unpaired) electrons. The Balaban J connectivity index is 2.37. The SMILES string of the molecule is NC(=O)c1ccn(-c2ccc(Cl)nn2)n1. The molecule has 6 nitrogen and oxygen atoms in total. The molecule has 0 aromatic carbocycles. The Morgan fingerprint density at radius 3 is 2.67 bits per heavy atom. The fraction of sp³-hybridized carbons (Fsp3) is 0. The van der Waals surface area contributed by atoms with Gasteiger partial charge in [-0.15, -0.1) is 10.2 Å². The van der Waals surface area contributed by atoms with Gasteiger partial charge >= 0.3 is 0 Å². The van der Waals surface area contributed by atoms with E-state index in [1.54, 1.807) is 18.3 Å². The van der Waals surface area contributed by atoms with Crippen LogP contribution in [0, 0.1) is 0 Å². The monoisotopic (exact) mass is 223 g/mol. The second-order valence-electron chi connectivity index (χ2n) is 2.72. The predicted octanol–water partition coefficient (Wildman–Crippen LogP) is 0.415. The number of primary amides is 1. The van der Waals surface area contributed by atoms with E-state index >= 15 is 0 Å². The summed E-state index contributed by atoms with van der Waals surface area (Å²) in [5, 5.41) is 11.6. The third-order valence-corrected chi connectivity index (χ3v) is 1.90. The lowest BCUT2D eigenvalue weighted by Crippen LogP contribution is -2.12. The topological polar surface area (TPSA) is 86.7 Å². The van der Waals surface area contributed by atoms with Gasteiger partial charge in [0.15, 0.2) is 11.0 Å². The maximum atomic E-state index is 10.8. The summed E-state index contributed by atoms with van der Waals surface area (Å²) in [4.78, 5) is 10.8. The number of halogens is 1. The zero-order valence-electron chi connectivity index (χ0n) is 7.46. The van der Waals surface area contributed by atoms with E-state index in [2.05, 4.69) is 15.3 Å². The van der Waals surface area contributed by atoms with Gasteiger partial charge in [0.2, 0.25) is 0 Å².